The minimum atomic E-state index is -0.701. The molecular formula is C12H31BrN4O4+2. The first-order valence-corrected chi connectivity index (χ1v) is 6.29. The van der Waals surface area contributed by atoms with Crippen LogP contribution >= 0.6 is 17.0 Å². The minimum Gasteiger partial charge on any atom is -0.444 e. The van der Waals surface area contributed by atoms with Crippen molar-refractivity contribution in [3.05, 3.63) is 0 Å². The maximum atomic E-state index is 10.1. The van der Waals surface area contributed by atoms with E-state index in [2.05, 4.69) is 9.47 Å². The van der Waals surface area contributed by atoms with E-state index in [1.54, 1.807) is 0 Å². The first-order valence-electron chi connectivity index (χ1n) is 6.29. The van der Waals surface area contributed by atoms with Crippen LogP contribution in [0.1, 0.15) is 0 Å². The van der Waals surface area contributed by atoms with E-state index < -0.39 is 12.2 Å². The highest BCUT2D eigenvalue weighted by atomic mass is 79.9. The highest BCUT2D eigenvalue weighted by molar-refractivity contribution is 8.93. The Morgan fingerprint density at radius 1 is 0.762 bits per heavy atom. The molecule has 8 nitrogen and oxygen atoms in total. The number of primary amides is 2. The molecule has 2 amide bonds. The van der Waals surface area contributed by atoms with Gasteiger partial charge in [0.2, 0.25) is 0 Å². The van der Waals surface area contributed by atoms with E-state index in [9.17, 15) is 9.59 Å². The number of halogens is 1. The lowest BCUT2D eigenvalue weighted by atomic mass is 10.5. The zero-order valence-electron chi connectivity index (χ0n) is 13.9. The van der Waals surface area contributed by atoms with Crippen molar-refractivity contribution in [1.82, 2.24) is 0 Å². The van der Waals surface area contributed by atoms with Gasteiger partial charge in [0.1, 0.15) is 26.3 Å². The van der Waals surface area contributed by atoms with Gasteiger partial charge in [0.15, 0.2) is 0 Å². The van der Waals surface area contributed by atoms with Gasteiger partial charge in [-0.25, -0.2) is 9.59 Å². The summed E-state index contributed by atoms with van der Waals surface area (Å²) in [6.07, 6.45) is -1.40. The van der Waals surface area contributed by atoms with Crippen LogP contribution in [0.5, 0.6) is 0 Å². The van der Waals surface area contributed by atoms with Crippen molar-refractivity contribution in [1.29, 1.82) is 0 Å². The summed E-state index contributed by atoms with van der Waals surface area (Å²) in [5, 5.41) is 0. The first kappa shape index (κ1) is 24.9. The molecule has 0 aromatic rings. The van der Waals surface area contributed by atoms with Crippen molar-refractivity contribution in [2.75, 3.05) is 68.6 Å². The molecule has 0 aliphatic carbocycles. The van der Waals surface area contributed by atoms with Gasteiger partial charge in [-0.1, -0.05) is 0 Å². The molecule has 0 bridgehead atoms. The van der Waals surface area contributed by atoms with Gasteiger partial charge in [0, 0.05) is 0 Å². The molecule has 21 heavy (non-hydrogen) atoms. The van der Waals surface area contributed by atoms with Crippen molar-refractivity contribution in [2.24, 2.45) is 11.5 Å². The maximum Gasteiger partial charge on any atom is 0.404 e. The highest BCUT2D eigenvalue weighted by Gasteiger charge is 2.07. The van der Waals surface area contributed by atoms with Crippen LogP contribution in [0.3, 0.4) is 0 Å². The summed E-state index contributed by atoms with van der Waals surface area (Å²) in [5.41, 5.74) is 9.51. The number of carbonyl (C=O) groups is 2. The third-order valence-corrected chi connectivity index (χ3v) is 2.01. The van der Waals surface area contributed by atoms with E-state index in [1.165, 1.54) is 0 Å². The van der Waals surface area contributed by atoms with Crippen LogP contribution in [-0.4, -0.2) is 89.7 Å². The van der Waals surface area contributed by atoms with E-state index in [-0.39, 0.29) is 17.0 Å². The summed E-state index contributed by atoms with van der Waals surface area (Å²) in [6.45, 7) is 2.34. The number of ether oxygens (including phenoxy) is 2. The second-order valence-electron chi connectivity index (χ2n) is 6.36. The quantitative estimate of drug-likeness (QED) is 0.645. The first-order chi connectivity index (χ1) is 8.83. The standard InChI is InChI=1S/2C6H14N2O2.BrH/c2*1-8(2,3)4-5-10-6(7)9;/h2*4-5H2,1-3H3,(H-,7,9);1H/p+2. The van der Waals surface area contributed by atoms with Crippen molar-refractivity contribution < 1.29 is 28.0 Å². The predicted octanol–water partition coefficient (Wildman–Crippen LogP) is 0.154. The maximum absolute atomic E-state index is 10.1. The average molecular weight is 375 g/mol. The Labute approximate surface area is 137 Å². The number of hydrogen-bond acceptors (Lipinski definition) is 4. The molecule has 128 valence electrons. The number of quaternary nitrogens is 2. The monoisotopic (exact) mass is 374 g/mol. The predicted molar refractivity (Wildman–Crippen MR) is 87.2 cm³/mol. The van der Waals surface area contributed by atoms with Gasteiger partial charge < -0.3 is 29.9 Å². The number of likely N-dealkylation sites (N-methyl/N-ethyl adjacent to an activating group) is 2. The number of nitrogens with zero attached hydrogens (tertiary/aromatic N) is 2. The lowest BCUT2D eigenvalue weighted by Gasteiger charge is -2.22. The third-order valence-electron chi connectivity index (χ3n) is 2.01. The Kier molecular flexibility index (Phi) is 13.7. The number of amides is 2. The lowest BCUT2D eigenvalue weighted by Crippen LogP contribution is -2.38. The van der Waals surface area contributed by atoms with Crippen LogP contribution in [0.25, 0.3) is 0 Å². The van der Waals surface area contributed by atoms with Crippen LogP contribution in [0.15, 0.2) is 0 Å². The number of rotatable bonds is 6. The van der Waals surface area contributed by atoms with Crippen LogP contribution in [0, 0.1) is 0 Å². The normalized spacial score (nSPS) is 10.6. The molecule has 9 heteroatoms. The molecule has 0 spiro atoms. The van der Waals surface area contributed by atoms with Crippen molar-refractivity contribution in [3.8, 4) is 0 Å². The minimum absolute atomic E-state index is 0. The molecule has 0 saturated carbocycles. The topological polar surface area (TPSA) is 105 Å². The van der Waals surface area contributed by atoms with Gasteiger partial charge in [-0.15, -0.1) is 17.0 Å². The fourth-order valence-corrected chi connectivity index (χ4v) is 0.840. The molecular weight excluding hydrogens is 344 g/mol. The van der Waals surface area contributed by atoms with Crippen molar-refractivity contribution in [3.63, 3.8) is 0 Å². The third kappa shape index (κ3) is 32.5. The van der Waals surface area contributed by atoms with E-state index >= 15 is 0 Å². The van der Waals surface area contributed by atoms with Gasteiger partial charge in [-0.3, -0.25) is 0 Å². The Morgan fingerprint density at radius 2 is 1.00 bits per heavy atom. The van der Waals surface area contributed by atoms with Crippen molar-refractivity contribution >= 4 is 29.2 Å². The SMILES string of the molecule is Br.C[N+](C)(C)CCOC(N)=O.C[N+](C)(C)CCOC(N)=O. The van der Waals surface area contributed by atoms with Crippen molar-refractivity contribution in [2.45, 2.75) is 0 Å². The van der Waals surface area contributed by atoms with Crippen LogP contribution in [0.4, 0.5) is 9.59 Å². The Bertz CT molecular complexity index is 271. The Hall–Kier alpha value is -1.06. The zero-order chi connectivity index (χ0) is 16.4. The number of carbonyl (C=O) groups excluding carboxylic acids is 2. The molecule has 4 N–H and O–H groups in total. The number of nitrogens with two attached hydrogens (primary N) is 2. The fraction of sp³-hybridized carbons (Fsp3) is 0.833. The van der Waals surface area contributed by atoms with Gasteiger partial charge in [0.05, 0.1) is 42.3 Å². The molecule has 0 fully saturated rings. The lowest BCUT2D eigenvalue weighted by molar-refractivity contribution is -0.870. The summed E-state index contributed by atoms with van der Waals surface area (Å²) >= 11 is 0. The smallest absolute Gasteiger partial charge is 0.404 e. The molecule has 0 atom stereocenters. The summed E-state index contributed by atoms with van der Waals surface area (Å²) in [5.74, 6) is 0. The van der Waals surface area contributed by atoms with Gasteiger partial charge >= 0.3 is 12.2 Å². The van der Waals surface area contributed by atoms with Crippen LogP contribution < -0.4 is 11.5 Å². The zero-order valence-corrected chi connectivity index (χ0v) is 15.6. The Balaban J connectivity index is -0.000000295. The second-order valence-corrected chi connectivity index (χ2v) is 6.36. The summed E-state index contributed by atoms with van der Waals surface area (Å²) in [7, 11) is 12.1. The molecule has 0 aromatic heterocycles. The van der Waals surface area contributed by atoms with E-state index in [0.717, 1.165) is 22.1 Å². The summed E-state index contributed by atoms with van der Waals surface area (Å²) in [4.78, 5) is 20.2. The molecule has 0 unspecified atom stereocenters. The van der Waals surface area contributed by atoms with Gasteiger partial charge in [0.25, 0.3) is 0 Å². The molecule has 0 aliphatic rings. The van der Waals surface area contributed by atoms with Crippen LogP contribution in [-0.2, 0) is 9.47 Å². The van der Waals surface area contributed by atoms with Gasteiger partial charge in [-0.2, -0.15) is 0 Å². The molecule has 0 aliphatic heterocycles. The van der Waals surface area contributed by atoms with E-state index in [1.807, 2.05) is 42.3 Å². The summed E-state index contributed by atoms with van der Waals surface area (Å²) < 4.78 is 10.6. The van der Waals surface area contributed by atoms with E-state index in [4.69, 9.17) is 11.5 Å². The fourth-order valence-electron chi connectivity index (χ4n) is 0.840. The van der Waals surface area contributed by atoms with Crippen LogP contribution in [0.2, 0.25) is 0 Å². The highest BCUT2D eigenvalue weighted by Crippen LogP contribution is 1.89. The summed E-state index contributed by atoms with van der Waals surface area (Å²) in [6, 6.07) is 0. The van der Waals surface area contributed by atoms with Gasteiger partial charge in [-0.05, 0) is 0 Å². The molecule has 0 saturated heterocycles. The largest absolute Gasteiger partial charge is 0.444 e. The number of hydrogen-bond donors (Lipinski definition) is 2. The molecule has 0 radical (unpaired) electrons. The Morgan fingerprint density at radius 3 is 1.14 bits per heavy atom. The molecule has 0 rings (SSSR count). The molecule has 0 heterocycles. The second kappa shape index (κ2) is 11.6. The average Bonchev–Trinajstić information content (AvgIpc) is 2.12. The van der Waals surface area contributed by atoms with E-state index in [0.29, 0.717) is 13.2 Å². The molecule has 0 aromatic carbocycles.